The summed E-state index contributed by atoms with van der Waals surface area (Å²) in [5.74, 6) is -1.19. The zero-order valence-corrected chi connectivity index (χ0v) is 15.4. The second-order valence-corrected chi connectivity index (χ2v) is 6.32. The minimum absolute atomic E-state index is 0.0172. The van der Waals surface area contributed by atoms with Crippen molar-refractivity contribution < 1.29 is 33.5 Å². The topological polar surface area (TPSA) is 99.2 Å². The minimum Gasteiger partial charge on any atom is -0.428 e. The molecule has 0 saturated carbocycles. The van der Waals surface area contributed by atoms with Crippen molar-refractivity contribution >= 4 is 23.9 Å². The fourth-order valence-corrected chi connectivity index (χ4v) is 2.40. The number of hydroxylamine groups is 2. The van der Waals surface area contributed by atoms with E-state index in [-0.39, 0.29) is 31.3 Å². The molecule has 1 atom stereocenters. The lowest BCUT2D eigenvalue weighted by molar-refractivity contribution is -0.177. The van der Waals surface area contributed by atoms with Crippen LogP contribution in [0.5, 0.6) is 5.75 Å². The van der Waals surface area contributed by atoms with Crippen LogP contribution < -0.4 is 4.74 Å². The van der Waals surface area contributed by atoms with Crippen LogP contribution in [0.2, 0.25) is 0 Å². The summed E-state index contributed by atoms with van der Waals surface area (Å²) in [6.45, 7) is 3.79. The van der Waals surface area contributed by atoms with Gasteiger partial charge >= 0.3 is 12.1 Å². The summed E-state index contributed by atoms with van der Waals surface area (Å²) >= 11 is 0. The third-order valence-electron chi connectivity index (χ3n) is 4.06. The van der Waals surface area contributed by atoms with E-state index in [1.807, 2.05) is 6.92 Å². The highest BCUT2D eigenvalue weighted by Crippen LogP contribution is 2.17. The molecule has 0 aliphatic carbocycles. The molecule has 1 heterocycles. The van der Waals surface area contributed by atoms with Gasteiger partial charge in [-0.2, -0.15) is 0 Å². The quantitative estimate of drug-likeness (QED) is 0.390. The van der Waals surface area contributed by atoms with Gasteiger partial charge in [0, 0.05) is 12.8 Å². The van der Waals surface area contributed by atoms with Gasteiger partial charge in [-0.05, 0) is 24.1 Å². The number of hydrogen-bond acceptors (Lipinski definition) is 7. The summed E-state index contributed by atoms with van der Waals surface area (Å²) in [6, 6.07) is 6.47. The molecule has 1 saturated heterocycles. The molecule has 2 amide bonds. The minimum atomic E-state index is -1.14. The summed E-state index contributed by atoms with van der Waals surface area (Å²) in [5.41, 5.74) is 0.629. The lowest BCUT2D eigenvalue weighted by Gasteiger charge is -2.13. The van der Waals surface area contributed by atoms with E-state index >= 15 is 0 Å². The van der Waals surface area contributed by atoms with Crippen LogP contribution in [0.1, 0.15) is 51.5 Å². The number of imide groups is 1. The third kappa shape index (κ3) is 6.09. The maximum atomic E-state index is 12.0. The molecule has 2 rings (SSSR count). The Hall–Kier alpha value is -2.90. The monoisotopic (exact) mass is 377 g/mol. The summed E-state index contributed by atoms with van der Waals surface area (Å²) in [5, 5.41) is 0.421. The number of carbonyl (C=O) groups is 4. The number of nitrogens with zero attached hydrogens (tertiary/aromatic N) is 1. The Balaban J connectivity index is 1.78. The highest BCUT2D eigenvalue weighted by Gasteiger charge is 2.33. The van der Waals surface area contributed by atoms with Crippen molar-refractivity contribution in [3.63, 3.8) is 0 Å². The molecule has 1 aliphatic rings. The number of esters is 1. The number of amides is 2. The molecular weight excluding hydrogens is 354 g/mol. The van der Waals surface area contributed by atoms with Crippen molar-refractivity contribution in [3.05, 3.63) is 29.8 Å². The summed E-state index contributed by atoms with van der Waals surface area (Å²) in [4.78, 5) is 50.9. The number of unbranched alkanes of at least 4 members (excludes halogenated alkanes) is 1. The van der Waals surface area contributed by atoms with Gasteiger partial charge in [-0.15, -0.1) is 0 Å². The Bertz CT molecular complexity index is 683. The van der Waals surface area contributed by atoms with E-state index < -0.39 is 18.0 Å². The lowest BCUT2D eigenvalue weighted by Crippen LogP contribution is -2.32. The van der Waals surface area contributed by atoms with Crippen molar-refractivity contribution in [3.8, 4) is 5.75 Å². The van der Waals surface area contributed by atoms with E-state index in [2.05, 4.69) is 11.8 Å². The SMILES string of the molecule is CCCCC(C)C(=O)Oc1ccc(COC(=O)ON2C(=O)CCC2=O)cc1. The maximum absolute atomic E-state index is 12.0. The van der Waals surface area contributed by atoms with Crippen molar-refractivity contribution in [1.29, 1.82) is 0 Å². The van der Waals surface area contributed by atoms with Crippen LogP contribution in [0.15, 0.2) is 24.3 Å². The maximum Gasteiger partial charge on any atom is 0.534 e. The third-order valence-corrected chi connectivity index (χ3v) is 4.06. The van der Waals surface area contributed by atoms with Gasteiger partial charge in [-0.25, -0.2) is 4.79 Å². The Kier molecular flexibility index (Phi) is 7.34. The zero-order valence-electron chi connectivity index (χ0n) is 15.4. The number of rotatable bonds is 8. The van der Waals surface area contributed by atoms with Gasteiger partial charge in [0.1, 0.15) is 12.4 Å². The molecule has 0 N–H and O–H groups in total. The smallest absolute Gasteiger partial charge is 0.428 e. The van der Waals surface area contributed by atoms with Crippen molar-refractivity contribution in [2.75, 3.05) is 0 Å². The van der Waals surface area contributed by atoms with Crippen LogP contribution >= 0.6 is 0 Å². The first kappa shape index (κ1) is 20.4. The molecule has 1 aromatic rings. The molecule has 146 valence electrons. The molecule has 8 nitrogen and oxygen atoms in total. The van der Waals surface area contributed by atoms with Crippen LogP contribution in [-0.2, 0) is 30.6 Å². The molecule has 1 aromatic carbocycles. The molecule has 0 spiro atoms. The van der Waals surface area contributed by atoms with Crippen molar-refractivity contribution in [2.45, 2.75) is 52.6 Å². The number of benzene rings is 1. The van der Waals surface area contributed by atoms with E-state index in [9.17, 15) is 19.2 Å². The normalized spacial score (nSPS) is 14.8. The van der Waals surface area contributed by atoms with Crippen LogP contribution in [0.25, 0.3) is 0 Å². The van der Waals surface area contributed by atoms with Crippen LogP contribution in [0, 0.1) is 5.92 Å². The Morgan fingerprint density at radius 3 is 2.33 bits per heavy atom. The van der Waals surface area contributed by atoms with Crippen molar-refractivity contribution in [1.82, 2.24) is 5.06 Å². The largest absolute Gasteiger partial charge is 0.534 e. The molecule has 8 heteroatoms. The molecular formula is C19H23NO7. The second kappa shape index (κ2) is 9.70. The number of carbonyl (C=O) groups excluding carboxylic acids is 4. The average molecular weight is 377 g/mol. The fraction of sp³-hybridized carbons (Fsp3) is 0.474. The molecule has 27 heavy (non-hydrogen) atoms. The highest BCUT2D eigenvalue weighted by atomic mass is 16.8. The average Bonchev–Trinajstić information content (AvgIpc) is 2.97. The first-order valence-corrected chi connectivity index (χ1v) is 8.91. The molecule has 1 unspecified atom stereocenters. The van der Waals surface area contributed by atoms with E-state index in [1.54, 1.807) is 24.3 Å². The zero-order chi connectivity index (χ0) is 19.8. The Morgan fingerprint density at radius 2 is 1.74 bits per heavy atom. The van der Waals surface area contributed by atoms with Gasteiger partial charge < -0.3 is 9.47 Å². The molecule has 0 radical (unpaired) electrons. The van der Waals surface area contributed by atoms with Gasteiger partial charge in [-0.1, -0.05) is 43.9 Å². The number of hydrogen-bond donors (Lipinski definition) is 0. The molecule has 1 fully saturated rings. The summed E-state index contributed by atoms with van der Waals surface area (Å²) in [7, 11) is 0. The van der Waals surface area contributed by atoms with Gasteiger partial charge in [0.25, 0.3) is 11.8 Å². The van der Waals surface area contributed by atoms with E-state index in [0.29, 0.717) is 16.4 Å². The predicted octanol–water partition coefficient (Wildman–Crippen LogP) is 3.14. The second-order valence-electron chi connectivity index (χ2n) is 6.32. The molecule has 1 aliphatic heterocycles. The van der Waals surface area contributed by atoms with Crippen LogP contribution in [0.3, 0.4) is 0 Å². The van der Waals surface area contributed by atoms with Gasteiger partial charge in [0.2, 0.25) is 0 Å². The standard InChI is InChI=1S/C19H23NO7/c1-3-4-5-13(2)18(23)26-15-8-6-14(7-9-15)12-25-19(24)27-20-16(21)10-11-17(20)22/h6-9,13H,3-5,10-12H2,1-2H3. The van der Waals surface area contributed by atoms with Crippen molar-refractivity contribution in [2.24, 2.45) is 5.92 Å². The predicted molar refractivity (Wildman–Crippen MR) is 93.1 cm³/mol. The first-order chi connectivity index (χ1) is 12.9. The van der Waals surface area contributed by atoms with E-state index in [1.165, 1.54) is 0 Å². The summed E-state index contributed by atoms with van der Waals surface area (Å²) in [6.07, 6.45) is 1.67. The first-order valence-electron chi connectivity index (χ1n) is 8.91. The van der Waals surface area contributed by atoms with Gasteiger partial charge in [0.15, 0.2) is 0 Å². The van der Waals surface area contributed by atoms with E-state index in [0.717, 1.165) is 19.3 Å². The van der Waals surface area contributed by atoms with E-state index in [4.69, 9.17) is 9.47 Å². The fourth-order valence-electron chi connectivity index (χ4n) is 2.40. The summed E-state index contributed by atoms with van der Waals surface area (Å²) < 4.78 is 10.2. The Labute approximate surface area is 157 Å². The Morgan fingerprint density at radius 1 is 1.11 bits per heavy atom. The molecule has 0 aromatic heterocycles. The highest BCUT2D eigenvalue weighted by molar-refractivity contribution is 6.01. The molecule has 0 bridgehead atoms. The van der Waals surface area contributed by atoms with Crippen LogP contribution in [-0.4, -0.2) is 29.0 Å². The lowest BCUT2D eigenvalue weighted by atomic mass is 10.1. The number of ether oxygens (including phenoxy) is 2. The van der Waals surface area contributed by atoms with Gasteiger partial charge in [0.05, 0.1) is 5.92 Å². The van der Waals surface area contributed by atoms with Crippen LogP contribution in [0.4, 0.5) is 4.79 Å². The van der Waals surface area contributed by atoms with Gasteiger partial charge in [-0.3, -0.25) is 19.2 Å².